The highest BCUT2D eigenvalue weighted by atomic mass is 32.1. The minimum Gasteiger partial charge on any atom is -0.299 e. The van der Waals surface area contributed by atoms with Gasteiger partial charge in [0.15, 0.2) is 0 Å². The first-order valence-corrected chi connectivity index (χ1v) is 9.39. The first kappa shape index (κ1) is 18.3. The molecule has 2 nitrogen and oxygen atoms in total. The quantitative estimate of drug-likeness (QED) is 0.457. The summed E-state index contributed by atoms with van der Waals surface area (Å²) in [6.45, 7) is 6.34. The maximum Gasteiger partial charge on any atom is 0.139 e. The van der Waals surface area contributed by atoms with Gasteiger partial charge in [-0.3, -0.25) is 4.79 Å². The Morgan fingerprint density at radius 2 is 1.52 bits per heavy atom. The molecule has 0 unspecified atom stereocenters. The smallest absolute Gasteiger partial charge is 0.139 e. The minimum absolute atomic E-state index is 0.353. The molecule has 0 aliphatic carbocycles. The fraction of sp³-hybridized carbons (Fsp3) is 0.778. The molecule has 0 aromatic carbocycles. The van der Waals surface area contributed by atoms with E-state index in [2.05, 4.69) is 18.8 Å². The average Bonchev–Trinajstić information content (AvgIpc) is 2.75. The van der Waals surface area contributed by atoms with Gasteiger partial charge in [-0.1, -0.05) is 58.3 Å². The zero-order chi connectivity index (χ0) is 15.5. The zero-order valence-corrected chi connectivity index (χ0v) is 14.9. The van der Waals surface area contributed by atoms with Crippen LogP contribution >= 0.6 is 11.3 Å². The molecule has 0 spiro atoms. The summed E-state index contributed by atoms with van der Waals surface area (Å²) in [7, 11) is 0. The van der Waals surface area contributed by atoms with Gasteiger partial charge in [0.1, 0.15) is 10.8 Å². The first-order chi connectivity index (χ1) is 10.1. The van der Waals surface area contributed by atoms with Gasteiger partial charge >= 0.3 is 0 Å². The summed E-state index contributed by atoms with van der Waals surface area (Å²) in [6, 6.07) is 0. The number of hydrogen-bond donors (Lipinski definition) is 0. The van der Waals surface area contributed by atoms with Crippen LogP contribution in [-0.2, 0) is 11.2 Å². The average molecular weight is 310 g/mol. The summed E-state index contributed by atoms with van der Waals surface area (Å²) < 4.78 is 0. The fourth-order valence-corrected chi connectivity index (χ4v) is 3.47. The van der Waals surface area contributed by atoms with Gasteiger partial charge in [0, 0.05) is 11.3 Å². The van der Waals surface area contributed by atoms with E-state index in [4.69, 9.17) is 0 Å². The molecule has 120 valence electrons. The first-order valence-electron chi connectivity index (χ1n) is 8.58. The van der Waals surface area contributed by atoms with Crippen molar-refractivity contribution in [2.24, 2.45) is 0 Å². The molecule has 0 aliphatic rings. The van der Waals surface area contributed by atoms with E-state index in [9.17, 15) is 4.79 Å². The third-order valence-corrected chi connectivity index (χ3v) is 5.05. The third kappa shape index (κ3) is 8.35. The Morgan fingerprint density at radius 1 is 0.952 bits per heavy atom. The molecule has 0 bridgehead atoms. The van der Waals surface area contributed by atoms with Crippen LogP contribution in [0.25, 0.3) is 0 Å². The number of thiazole rings is 1. The molecular weight excluding hydrogens is 278 g/mol. The normalized spacial score (nSPS) is 11.0. The highest BCUT2D eigenvalue weighted by molar-refractivity contribution is 7.11. The van der Waals surface area contributed by atoms with E-state index < -0.39 is 0 Å². The topological polar surface area (TPSA) is 30.0 Å². The van der Waals surface area contributed by atoms with Gasteiger partial charge in [0.05, 0.1) is 12.1 Å². The molecule has 0 saturated heterocycles. The van der Waals surface area contributed by atoms with Gasteiger partial charge in [0.2, 0.25) is 0 Å². The van der Waals surface area contributed by atoms with E-state index in [1.807, 2.05) is 6.92 Å². The van der Waals surface area contributed by atoms with Crippen molar-refractivity contribution in [3.8, 4) is 0 Å². The van der Waals surface area contributed by atoms with Crippen molar-refractivity contribution in [2.75, 3.05) is 0 Å². The SMILES string of the molecule is CCCCCCCCCCCC(=O)Cc1nc(C)c(C)s1. The van der Waals surface area contributed by atoms with Gasteiger partial charge in [0.25, 0.3) is 0 Å². The largest absolute Gasteiger partial charge is 0.299 e. The Kier molecular flexibility index (Phi) is 9.56. The highest BCUT2D eigenvalue weighted by Gasteiger charge is 2.08. The number of aryl methyl sites for hydroxylation is 2. The van der Waals surface area contributed by atoms with Crippen molar-refractivity contribution in [1.82, 2.24) is 4.98 Å². The molecule has 1 heterocycles. The van der Waals surface area contributed by atoms with Crippen LogP contribution in [0.2, 0.25) is 0 Å². The summed E-state index contributed by atoms with van der Waals surface area (Å²) in [4.78, 5) is 17.6. The van der Waals surface area contributed by atoms with Crippen LogP contribution in [0, 0.1) is 13.8 Å². The van der Waals surface area contributed by atoms with Crippen molar-refractivity contribution in [1.29, 1.82) is 0 Å². The number of rotatable bonds is 12. The lowest BCUT2D eigenvalue weighted by Crippen LogP contribution is -2.02. The molecular formula is C18H31NOS. The number of carbonyl (C=O) groups excluding carboxylic acids is 1. The highest BCUT2D eigenvalue weighted by Crippen LogP contribution is 2.18. The molecule has 0 atom stereocenters. The molecule has 1 rings (SSSR count). The van der Waals surface area contributed by atoms with Crippen LogP contribution in [0.15, 0.2) is 0 Å². The molecule has 21 heavy (non-hydrogen) atoms. The van der Waals surface area contributed by atoms with Gasteiger partial charge in [-0.2, -0.15) is 0 Å². The number of ketones is 1. The molecule has 1 aromatic heterocycles. The molecule has 3 heteroatoms. The standard InChI is InChI=1S/C18H31NOS/c1-4-5-6-7-8-9-10-11-12-13-17(20)14-18-19-15(2)16(3)21-18/h4-14H2,1-3H3. The van der Waals surface area contributed by atoms with E-state index in [0.29, 0.717) is 12.2 Å². The summed E-state index contributed by atoms with van der Waals surface area (Å²) >= 11 is 1.67. The van der Waals surface area contributed by atoms with Gasteiger partial charge in [-0.05, 0) is 20.3 Å². The number of Topliss-reactive ketones (excluding diaryl/α,β-unsaturated/α-hetero) is 1. The lowest BCUT2D eigenvalue weighted by Gasteiger charge is -2.01. The van der Waals surface area contributed by atoms with Crippen LogP contribution in [0.1, 0.15) is 86.7 Å². The molecule has 1 aromatic rings. The summed E-state index contributed by atoms with van der Waals surface area (Å²) in [5.41, 5.74) is 1.07. The molecule has 0 N–H and O–H groups in total. The number of hydrogen-bond acceptors (Lipinski definition) is 3. The van der Waals surface area contributed by atoms with Crippen LogP contribution in [0.5, 0.6) is 0 Å². The van der Waals surface area contributed by atoms with Gasteiger partial charge < -0.3 is 0 Å². The number of nitrogens with zero attached hydrogens (tertiary/aromatic N) is 1. The van der Waals surface area contributed by atoms with Crippen LogP contribution in [0.4, 0.5) is 0 Å². The molecule has 0 amide bonds. The molecule has 0 aliphatic heterocycles. The predicted octanol–water partition coefficient (Wildman–Crippen LogP) is 5.79. The van der Waals surface area contributed by atoms with Crippen molar-refractivity contribution >= 4 is 17.1 Å². The Labute approximate surface area is 134 Å². The van der Waals surface area contributed by atoms with Gasteiger partial charge in [-0.15, -0.1) is 11.3 Å². The number of carbonyl (C=O) groups is 1. The van der Waals surface area contributed by atoms with E-state index in [0.717, 1.165) is 23.5 Å². The van der Waals surface area contributed by atoms with E-state index in [-0.39, 0.29) is 0 Å². The Bertz CT molecular complexity index is 392. The summed E-state index contributed by atoms with van der Waals surface area (Å²) in [5, 5.41) is 0.992. The lowest BCUT2D eigenvalue weighted by atomic mass is 10.0. The molecule has 0 saturated carbocycles. The number of aromatic nitrogens is 1. The second kappa shape index (κ2) is 10.9. The summed E-state index contributed by atoms with van der Waals surface area (Å²) in [5.74, 6) is 0.353. The minimum atomic E-state index is 0.353. The fourth-order valence-electron chi connectivity index (χ4n) is 2.50. The lowest BCUT2D eigenvalue weighted by molar-refractivity contribution is -0.118. The van der Waals surface area contributed by atoms with E-state index >= 15 is 0 Å². The monoisotopic (exact) mass is 309 g/mol. The van der Waals surface area contributed by atoms with Crippen LogP contribution in [-0.4, -0.2) is 10.8 Å². The number of unbranched alkanes of at least 4 members (excludes halogenated alkanes) is 8. The molecule has 0 fully saturated rings. The third-order valence-electron chi connectivity index (χ3n) is 3.98. The van der Waals surface area contributed by atoms with Crippen molar-refractivity contribution in [3.05, 3.63) is 15.6 Å². The van der Waals surface area contributed by atoms with E-state index in [1.54, 1.807) is 11.3 Å². The zero-order valence-electron chi connectivity index (χ0n) is 14.0. The van der Waals surface area contributed by atoms with Crippen molar-refractivity contribution < 1.29 is 4.79 Å². The van der Waals surface area contributed by atoms with Crippen molar-refractivity contribution in [2.45, 2.75) is 91.4 Å². The Morgan fingerprint density at radius 3 is 2.05 bits per heavy atom. The maximum absolute atomic E-state index is 11.9. The summed E-state index contributed by atoms with van der Waals surface area (Å²) in [6.07, 6.45) is 13.0. The van der Waals surface area contributed by atoms with Crippen LogP contribution in [0.3, 0.4) is 0 Å². The second-order valence-corrected chi connectivity index (χ2v) is 7.33. The Hall–Kier alpha value is -0.700. The maximum atomic E-state index is 11.9. The Balaban J connectivity index is 1.98. The van der Waals surface area contributed by atoms with Crippen LogP contribution < -0.4 is 0 Å². The molecule has 0 radical (unpaired) electrons. The second-order valence-electron chi connectivity index (χ2n) is 6.04. The van der Waals surface area contributed by atoms with E-state index in [1.165, 1.54) is 56.2 Å². The van der Waals surface area contributed by atoms with Gasteiger partial charge in [-0.25, -0.2) is 4.98 Å². The van der Waals surface area contributed by atoms with Crippen molar-refractivity contribution in [3.63, 3.8) is 0 Å². The predicted molar refractivity (Wildman–Crippen MR) is 92.1 cm³/mol.